The molecular formula is C14H22N2. The van der Waals surface area contributed by atoms with E-state index < -0.39 is 0 Å². The molecule has 1 aromatic carbocycles. The first-order chi connectivity index (χ1) is 7.63. The van der Waals surface area contributed by atoms with E-state index in [2.05, 4.69) is 43.1 Å². The second-order valence-electron chi connectivity index (χ2n) is 5.36. The highest BCUT2D eigenvalue weighted by Gasteiger charge is 2.41. The van der Waals surface area contributed by atoms with E-state index in [1.54, 1.807) is 0 Å². The lowest BCUT2D eigenvalue weighted by molar-refractivity contribution is 0.259. The van der Waals surface area contributed by atoms with Crippen LogP contribution in [0.2, 0.25) is 0 Å². The third kappa shape index (κ3) is 2.83. The van der Waals surface area contributed by atoms with E-state index in [4.69, 9.17) is 5.73 Å². The third-order valence-corrected chi connectivity index (χ3v) is 3.57. The normalized spacial score (nSPS) is 17.8. The second kappa shape index (κ2) is 4.56. The molecule has 0 bridgehead atoms. The van der Waals surface area contributed by atoms with Crippen LogP contribution in [0.4, 0.5) is 0 Å². The highest BCUT2D eigenvalue weighted by Crippen LogP contribution is 2.44. The van der Waals surface area contributed by atoms with Crippen LogP contribution in [0.25, 0.3) is 0 Å². The number of nitrogens with zero attached hydrogens (tertiary/aromatic N) is 1. The van der Waals surface area contributed by atoms with Crippen molar-refractivity contribution in [3.63, 3.8) is 0 Å². The summed E-state index contributed by atoms with van der Waals surface area (Å²) in [6, 6.07) is 8.79. The maximum absolute atomic E-state index is 5.80. The molecule has 1 aliphatic carbocycles. The van der Waals surface area contributed by atoms with Crippen molar-refractivity contribution in [1.82, 2.24) is 4.90 Å². The van der Waals surface area contributed by atoms with Gasteiger partial charge in [0, 0.05) is 13.1 Å². The molecule has 16 heavy (non-hydrogen) atoms. The first kappa shape index (κ1) is 11.6. The van der Waals surface area contributed by atoms with Crippen LogP contribution in [0.1, 0.15) is 24.0 Å². The lowest BCUT2D eigenvalue weighted by atomic mass is 10.1. The maximum Gasteiger partial charge on any atom is 0.0230 e. The monoisotopic (exact) mass is 218 g/mol. The van der Waals surface area contributed by atoms with Crippen LogP contribution in [0.5, 0.6) is 0 Å². The largest absolute Gasteiger partial charge is 0.330 e. The molecule has 0 aromatic heterocycles. The number of benzene rings is 1. The van der Waals surface area contributed by atoms with Gasteiger partial charge in [-0.3, -0.25) is 0 Å². The predicted octanol–water partition coefficient (Wildman–Crippen LogP) is 2.17. The Kier molecular flexibility index (Phi) is 3.31. The molecule has 0 saturated heterocycles. The first-order valence-electron chi connectivity index (χ1n) is 6.08. The van der Waals surface area contributed by atoms with Gasteiger partial charge >= 0.3 is 0 Å². The van der Waals surface area contributed by atoms with Crippen LogP contribution < -0.4 is 5.73 Å². The van der Waals surface area contributed by atoms with Crippen LogP contribution in [0.15, 0.2) is 24.3 Å². The van der Waals surface area contributed by atoms with Crippen molar-refractivity contribution in [3.8, 4) is 0 Å². The van der Waals surface area contributed by atoms with Crippen molar-refractivity contribution < 1.29 is 0 Å². The van der Waals surface area contributed by atoms with Crippen molar-refractivity contribution in [2.75, 3.05) is 20.1 Å². The zero-order chi connectivity index (χ0) is 11.6. The van der Waals surface area contributed by atoms with Crippen molar-refractivity contribution in [3.05, 3.63) is 35.4 Å². The topological polar surface area (TPSA) is 29.3 Å². The van der Waals surface area contributed by atoms with Gasteiger partial charge in [-0.15, -0.1) is 0 Å². The summed E-state index contributed by atoms with van der Waals surface area (Å²) in [7, 11) is 2.19. The van der Waals surface area contributed by atoms with E-state index in [-0.39, 0.29) is 0 Å². The Balaban J connectivity index is 1.87. The number of rotatable bonds is 5. The lowest BCUT2D eigenvalue weighted by Crippen LogP contribution is -2.31. The van der Waals surface area contributed by atoms with Gasteiger partial charge in [-0.1, -0.05) is 29.8 Å². The molecule has 0 aliphatic heterocycles. The summed E-state index contributed by atoms with van der Waals surface area (Å²) in [5.74, 6) is 0. The van der Waals surface area contributed by atoms with Gasteiger partial charge in [0.2, 0.25) is 0 Å². The van der Waals surface area contributed by atoms with Crippen molar-refractivity contribution in [2.45, 2.75) is 26.3 Å². The first-order valence-corrected chi connectivity index (χ1v) is 6.08. The van der Waals surface area contributed by atoms with Gasteiger partial charge in [0.15, 0.2) is 0 Å². The summed E-state index contributed by atoms with van der Waals surface area (Å²) in [5, 5.41) is 0. The van der Waals surface area contributed by atoms with Gasteiger partial charge in [0.1, 0.15) is 0 Å². The van der Waals surface area contributed by atoms with Crippen molar-refractivity contribution in [2.24, 2.45) is 11.1 Å². The highest BCUT2D eigenvalue weighted by molar-refractivity contribution is 5.21. The average molecular weight is 218 g/mol. The zero-order valence-corrected chi connectivity index (χ0v) is 10.4. The summed E-state index contributed by atoms with van der Waals surface area (Å²) < 4.78 is 0. The van der Waals surface area contributed by atoms with Gasteiger partial charge in [-0.05, 0) is 44.3 Å². The lowest BCUT2D eigenvalue weighted by Gasteiger charge is -2.22. The number of nitrogens with two attached hydrogens (primary N) is 1. The molecule has 1 fully saturated rings. The summed E-state index contributed by atoms with van der Waals surface area (Å²) in [6.45, 7) is 5.13. The number of hydrogen-bond donors (Lipinski definition) is 1. The molecule has 0 unspecified atom stereocenters. The molecule has 2 nitrogen and oxygen atoms in total. The Morgan fingerprint density at radius 3 is 2.38 bits per heavy atom. The van der Waals surface area contributed by atoms with Crippen molar-refractivity contribution >= 4 is 0 Å². The van der Waals surface area contributed by atoms with E-state index in [9.17, 15) is 0 Å². The molecule has 0 atom stereocenters. The summed E-state index contributed by atoms with van der Waals surface area (Å²) in [4.78, 5) is 2.39. The molecule has 2 rings (SSSR count). The van der Waals surface area contributed by atoms with E-state index in [1.165, 1.54) is 24.0 Å². The van der Waals surface area contributed by atoms with Crippen LogP contribution in [0.3, 0.4) is 0 Å². The maximum atomic E-state index is 5.80. The Labute approximate surface area is 98.4 Å². The van der Waals surface area contributed by atoms with Gasteiger partial charge in [0.05, 0.1) is 0 Å². The predicted molar refractivity (Wildman–Crippen MR) is 68.2 cm³/mol. The Bertz CT molecular complexity index is 338. The molecule has 88 valence electrons. The van der Waals surface area contributed by atoms with Crippen LogP contribution in [-0.4, -0.2) is 25.0 Å². The fraction of sp³-hybridized carbons (Fsp3) is 0.571. The summed E-state index contributed by atoms with van der Waals surface area (Å²) >= 11 is 0. The molecule has 0 amide bonds. The molecule has 0 radical (unpaired) electrons. The smallest absolute Gasteiger partial charge is 0.0230 e. The molecule has 0 heterocycles. The van der Waals surface area contributed by atoms with E-state index in [0.717, 1.165) is 19.6 Å². The Morgan fingerprint density at radius 2 is 1.88 bits per heavy atom. The van der Waals surface area contributed by atoms with E-state index >= 15 is 0 Å². The van der Waals surface area contributed by atoms with Gasteiger partial charge < -0.3 is 10.6 Å². The molecule has 0 spiro atoms. The average Bonchev–Trinajstić information content (AvgIpc) is 3.02. The van der Waals surface area contributed by atoms with E-state index in [1.807, 2.05) is 0 Å². The number of aryl methyl sites for hydroxylation is 1. The Hall–Kier alpha value is -0.860. The molecule has 1 aliphatic rings. The van der Waals surface area contributed by atoms with Crippen molar-refractivity contribution in [1.29, 1.82) is 0 Å². The summed E-state index contributed by atoms with van der Waals surface area (Å²) in [6.07, 6.45) is 2.61. The quantitative estimate of drug-likeness (QED) is 0.820. The molecular weight excluding hydrogens is 196 g/mol. The standard InChI is InChI=1S/C14H22N2/c1-12-3-5-13(6-4-12)9-16(2)11-14(10-15)7-8-14/h3-6H,7-11,15H2,1-2H3. The van der Waals surface area contributed by atoms with Gasteiger partial charge in [0.25, 0.3) is 0 Å². The minimum Gasteiger partial charge on any atom is -0.330 e. The van der Waals surface area contributed by atoms with Gasteiger partial charge in [-0.2, -0.15) is 0 Å². The second-order valence-corrected chi connectivity index (χ2v) is 5.36. The zero-order valence-electron chi connectivity index (χ0n) is 10.4. The molecule has 2 heteroatoms. The van der Waals surface area contributed by atoms with Crippen LogP contribution in [0, 0.1) is 12.3 Å². The fourth-order valence-corrected chi connectivity index (χ4v) is 2.24. The van der Waals surface area contributed by atoms with Gasteiger partial charge in [-0.25, -0.2) is 0 Å². The van der Waals surface area contributed by atoms with Crippen LogP contribution in [-0.2, 0) is 6.54 Å². The SMILES string of the molecule is Cc1ccc(CN(C)CC2(CN)CC2)cc1. The molecule has 1 aromatic rings. The molecule has 2 N–H and O–H groups in total. The number of hydrogen-bond acceptors (Lipinski definition) is 2. The van der Waals surface area contributed by atoms with Crippen LogP contribution >= 0.6 is 0 Å². The highest BCUT2D eigenvalue weighted by atomic mass is 15.1. The van der Waals surface area contributed by atoms with E-state index in [0.29, 0.717) is 5.41 Å². The minimum absolute atomic E-state index is 0.444. The Morgan fingerprint density at radius 1 is 1.25 bits per heavy atom. The summed E-state index contributed by atoms with van der Waals surface area (Å²) in [5.41, 5.74) is 8.96. The fourth-order valence-electron chi connectivity index (χ4n) is 2.24. The third-order valence-electron chi connectivity index (χ3n) is 3.57. The minimum atomic E-state index is 0.444. The molecule has 1 saturated carbocycles.